The van der Waals surface area contributed by atoms with Crippen molar-refractivity contribution in [1.29, 1.82) is 0 Å². The van der Waals surface area contributed by atoms with Crippen molar-refractivity contribution in [2.24, 2.45) is 5.41 Å². The Morgan fingerprint density at radius 1 is 0.882 bits per heavy atom. The molecule has 34 heavy (non-hydrogen) atoms. The van der Waals surface area contributed by atoms with Crippen LogP contribution in [-0.2, 0) is 9.31 Å². The number of hydrogen-bond acceptors (Lipinski definition) is 6. The second-order valence-electron chi connectivity index (χ2n) is 11.9. The summed E-state index contributed by atoms with van der Waals surface area (Å²) in [5, 5.41) is 10.5. The molecule has 6 nitrogen and oxygen atoms in total. The van der Waals surface area contributed by atoms with Crippen LogP contribution in [0, 0.1) is 5.41 Å². The van der Waals surface area contributed by atoms with Crippen LogP contribution >= 0.6 is 0 Å². The average molecular weight is 465 g/mol. The van der Waals surface area contributed by atoms with Crippen molar-refractivity contribution >= 4 is 24.0 Å². The highest BCUT2D eigenvalue weighted by atomic mass is 16.7. The molecule has 1 atom stereocenters. The topological polar surface area (TPSA) is 58.1 Å². The summed E-state index contributed by atoms with van der Waals surface area (Å²) >= 11 is 0. The molecule has 2 aliphatic heterocycles. The molecule has 184 valence electrons. The normalized spacial score (nSPS) is 21.1. The quantitative estimate of drug-likeness (QED) is 0.669. The number of benzene rings is 1. The van der Waals surface area contributed by atoms with Gasteiger partial charge in [0.1, 0.15) is 0 Å². The summed E-state index contributed by atoms with van der Waals surface area (Å²) in [6.45, 7) is 18.5. The van der Waals surface area contributed by atoms with E-state index in [0.29, 0.717) is 6.42 Å². The number of pyridine rings is 1. The predicted molar refractivity (Wildman–Crippen MR) is 140 cm³/mol. The van der Waals surface area contributed by atoms with Gasteiger partial charge in [-0.2, -0.15) is 0 Å². The summed E-state index contributed by atoms with van der Waals surface area (Å²) < 4.78 is 12.4. The van der Waals surface area contributed by atoms with Gasteiger partial charge >= 0.3 is 7.12 Å². The Bertz CT molecular complexity index is 946. The molecule has 1 unspecified atom stereocenters. The molecule has 2 aliphatic rings. The molecule has 0 aliphatic carbocycles. The molecule has 4 rings (SSSR count). The Morgan fingerprint density at radius 2 is 1.38 bits per heavy atom. The summed E-state index contributed by atoms with van der Waals surface area (Å²) in [6, 6.07) is 12.6. The van der Waals surface area contributed by atoms with Crippen LogP contribution in [-0.4, -0.2) is 54.6 Å². The lowest BCUT2D eigenvalue weighted by atomic mass is 9.79. The fourth-order valence-electron chi connectivity index (χ4n) is 4.51. The third-order valence-electron chi connectivity index (χ3n) is 7.35. The zero-order valence-electron chi connectivity index (χ0n) is 21.8. The largest absolute Gasteiger partial charge is 0.494 e. The lowest BCUT2D eigenvalue weighted by molar-refractivity contribution is 0.00578. The molecular formula is C27H40BN3O3. The SMILES string of the molecule is CC(C)(C)CC(O)c1ccc(N2CCN(c3ccc(B4OC(C)(C)C(C)(C)O4)cc3)CC2)cn1. The summed E-state index contributed by atoms with van der Waals surface area (Å²) in [6.07, 6.45) is 2.08. The van der Waals surface area contributed by atoms with Crippen LogP contribution in [0.15, 0.2) is 42.6 Å². The molecular weight excluding hydrogens is 425 g/mol. The average Bonchev–Trinajstić information content (AvgIpc) is 3.00. The van der Waals surface area contributed by atoms with E-state index in [4.69, 9.17) is 9.31 Å². The molecule has 2 fully saturated rings. The van der Waals surface area contributed by atoms with E-state index in [-0.39, 0.29) is 23.7 Å². The second kappa shape index (κ2) is 9.17. The van der Waals surface area contributed by atoms with Crippen LogP contribution < -0.4 is 15.3 Å². The highest BCUT2D eigenvalue weighted by Gasteiger charge is 2.51. The minimum absolute atomic E-state index is 0.0681. The number of aliphatic hydroxyl groups is 1. The Morgan fingerprint density at radius 3 is 1.85 bits per heavy atom. The van der Waals surface area contributed by atoms with Crippen LogP contribution in [0.3, 0.4) is 0 Å². The van der Waals surface area contributed by atoms with E-state index in [9.17, 15) is 5.11 Å². The van der Waals surface area contributed by atoms with E-state index in [1.165, 1.54) is 5.69 Å². The molecule has 1 aromatic carbocycles. The Balaban J connectivity index is 1.33. The van der Waals surface area contributed by atoms with Gasteiger partial charge in [-0.15, -0.1) is 0 Å². The van der Waals surface area contributed by atoms with E-state index in [1.807, 2.05) is 12.3 Å². The number of anilines is 2. The number of aliphatic hydroxyl groups excluding tert-OH is 1. The van der Waals surface area contributed by atoms with Gasteiger partial charge in [0, 0.05) is 31.9 Å². The molecule has 1 N–H and O–H groups in total. The minimum atomic E-state index is -0.522. The fraction of sp³-hybridized carbons (Fsp3) is 0.593. The van der Waals surface area contributed by atoms with Crippen molar-refractivity contribution in [2.45, 2.75) is 72.2 Å². The van der Waals surface area contributed by atoms with E-state index in [2.05, 4.69) is 93.6 Å². The first-order valence-electron chi connectivity index (χ1n) is 12.4. The molecule has 2 aromatic rings. The van der Waals surface area contributed by atoms with E-state index in [0.717, 1.165) is 43.0 Å². The zero-order chi connectivity index (χ0) is 24.7. The van der Waals surface area contributed by atoms with E-state index >= 15 is 0 Å². The van der Waals surface area contributed by atoms with Gasteiger partial charge < -0.3 is 24.2 Å². The minimum Gasteiger partial charge on any atom is -0.399 e. The molecule has 3 heterocycles. The summed E-state index contributed by atoms with van der Waals surface area (Å²) in [5.41, 5.74) is 3.55. The van der Waals surface area contributed by atoms with Crippen LogP contribution in [0.25, 0.3) is 0 Å². The fourth-order valence-corrected chi connectivity index (χ4v) is 4.51. The number of rotatable bonds is 5. The van der Waals surface area contributed by atoms with Gasteiger partial charge in [-0.1, -0.05) is 32.9 Å². The number of aromatic nitrogens is 1. The van der Waals surface area contributed by atoms with E-state index < -0.39 is 6.10 Å². The van der Waals surface area contributed by atoms with Gasteiger partial charge in [0.2, 0.25) is 0 Å². The summed E-state index contributed by atoms with van der Waals surface area (Å²) in [7, 11) is -0.326. The number of hydrogen-bond donors (Lipinski definition) is 1. The van der Waals surface area contributed by atoms with Crippen LogP contribution in [0.5, 0.6) is 0 Å². The Labute approximate surface area is 205 Å². The maximum atomic E-state index is 10.5. The molecule has 1 aromatic heterocycles. The molecule has 0 radical (unpaired) electrons. The first-order chi connectivity index (χ1) is 15.8. The lowest BCUT2D eigenvalue weighted by Gasteiger charge is -2.37. The molecule has 0 amide bonds. The van der Waals surface area contributed by atoms with Crippen molar-refractivity contribution in [3.05, 3.63) is 48.3 Å². The summed E-state index contributed by atoms with van der Waals surface area (Å²) in [4.78, 5) is 9.33. The van der Waals surface area contributed by atoms with Gasteiger partial charge in [0.25, 0.3) is 0 Å². The number of nitrogens with zero attached hydrogens (tertiary/aromatic N) is 3. The molecule has 0 saturated carbocycles. The van der Waals surface area contributed by atoms with Crippen molar-refractivity contribution in [2.75, 3.05) is 36.0 Å². The smallest absolute Gasteiger partial charge is 0.399 e. The lowest BCUT2D eigenvalue weighted by Crippen LogP contribution is -2.46. The first-order valence-corrected chi connectivity index (χ1v) is 12.4. The van der Waals surface area contributed by atoms with Gasteiger partial charge in [-0.25, -0.2) is 0 Å². The Hall–Kier alpha value is -2.09. The van der Waals surface area contributed by atoms with Crippen molar-refractivity contribution < 1.29 is 14.4 Å². The van der Waals surface area contributed by atoms with Gasteiger partial charge in [0.15, 0.2) is 0 Å². The zero-order valence-corrected chi connectivity index (χ0v) is 21.8. The van der Waals surface area contributed by atoms with Crippen molar-refractivity contribution in [1.82, 2.24) is 4.98 Å². The maximum absolute atomic E-state index is 10.5. The molecule has 0 spiro atoms. The third kappa shape index (κ3) is 5.42. The van der Waals surface area contributed by atoms with Crippen LogP contribution in [0.1, 0.15) is 66.7 Å². The van der Waals surface area contributed by atoms with Gasteiger partial charge in [-0.3, -0.25) is 4.98 Å². The Kier molecular flexibility index (Phi) is 6.75. The van der Waals surface area contributed by atoms with E-state index in [1.54, 1.807) is 0 Å². The van der Waals surface area contributed by atoms with Crippen molar-refractivity contribution in [3.8, 4) is 0 Å². The summed E-state index contributed by atoms with van der Waals surface area (Å²) in [5.74, 6) is 0. The van der Waals surface area contributed by atoms with Crippen molar-refractivity contribution in [3.63, 3.8) is 0 Å². The molecule has 0 bridgehead atoms. The highest BCUT2D eigenvalue weighted by molar-refractivity contribution is 6.62. The monoisotopic (exact) mass is 465 g/mol. The van der Waals surface area contributed by atoms with Crippen LogP contribution in [0.4, 0.5) is 11.4 Å². The molecule has 7 heteroatoms. The van der Waals surface area contributed by atoms with Gasteiger partial charge in [-0.05, 0) is 69.3 Å². The van der Waals surface area contributed by atoms with Gasteiger partial charge in [0.05, 0.1) is 34.9 Å². The molecule has 2 saturated heterocycles. The second-order valence-corrected chi connectivity index (χ2v) is 11.9. The van der Waals surface area contributed by atoms with Crippen LogP contribution in [0.2, 0.25) is 0 Å². The third-order valence-corrected chi connectivity index (χ3v) is 7.35. The predicted octanol–water partition coefficient (Wildman–Crippen LogP) is 4.18. The number of piperazine rings is 1. The first kappa shape index (κ1) is 25.0. The highest BCUT2D eigenvalue weighted by Crippen LogP contribution is 2.36. The maximum Gasteiger partial charge on any atom is 0.494 e. The standard InChI is InChI=1S/C27H40BN3O3/c1-25(2,3)18-24(32)23-13-12-22(19-29-23)31-16-14-30(15-17-31)21-10-8-20(9-11-21)28-33-26(4,5)27(6,7)34-28/h8-13,19,24,32H,14-18H2,1-7H3.